The van der Waals surface area contributed by atoms with E-state index in [1.165, 1.54) is 11.3 Å². The summed E-state index contributed by atoms with van der Waals surface area (Å²) in [6.07, 6.45) is 0.782. The van der Waals surface area contributed by atoms with E-state index in [-0.39, 0.29) is 6.61 Å². The highest BCUT2D eigenvalue weighted by Crippen LogP contribution is 2.34. The number of aldehydes is 1. The summed E-state index contributed by atoms with van der Waals surface area (Å²) < 4.78 is 0.861. The molecule has 0 saturated heterocycles. The molecule has 0 aliphatic heterocycles. The van der Waals surface area contributed by atoms with Crippen LogP contribution in [-0.2, 0) is 6.61 Å². The Labute approximate surface area is 89.7 Å². The van der Waals surface area contributed by atoms with Gasteiger partial charge in [0.15, 0.2) is 6.29 Å². The number of hydrogen-bond donors (Lipinski definition) is 1. The highest BCUT2D eigenvalue weighted by atomic mass is 35.5. The summed E-state index contributed by atoms with van der Waals surface area (Å²) in [5.41, 5.74) is 1.34. The molecule has 0 radical (unpaired) electrons. The van der Waals surface area contributed by atoms with Gasteiger partial charge in [-0.2, -0.15) is 0 Å². The van der Waals surface area contributed by atoms with Gasteiger partial charge in [-0.05, 0) is 23.1 Å². The lowest BCUT2D eigenvalue weighted by atomic mass is 10.1. The molecule has 1 aromatic carbocycles. The lowest BCUT2D eigenvalue weighted by Crippen LogP contribution is -1.86. The first-order valence-corrected chi connectivity index (χ1v) is 5.28. The molecule has 1 N–H and O–H groups in total. The third-order valence-electron chi connectivity index (χ3n) is 2.08. The van der Waals surface area contributed by atoms with Crippen molar-refractivity contribution >= 4 is 39.3 Å². The van der Waals surface area contributed by atoms with Crippen LogP contribution in [0.1, 0.15) is 15.9 Å². The number of rotatable bonds is 2. The van der Waals surface area contributed by atoms with Gasteiger partial charge in [0.25, 0.3) is 0 Å². The Morgan fingerprint density at radius 1 is 1.50 bits per heavy atom. The second kappa shape index (κ2) is 3.69. The van der Waals surface area contributed by atoms with Crippen molar-refractivity contribution in [2.75, 3.05) is 0 Å². The Bertz CT molecular complexity index is 490. The van der Waals surface area contributed by atoms with Crippen molar-refractivity contribution in [1.29, 1.82) is 0 Å². The maximum absolute atomic E-state index is 10.8. The van der Waals surface area contributed by atoms with Crippen LogP contribution >= 0.6 is 22.9 Å². The van der Waals surface area contributed by atoms with Crippen LogP contribution in [0.15, 0.2) is 17.5 Å². The molecule has 72 valence electrons. The zero-order valence-electron chi connectivity index (χ0n) is 7.16. The van der Waals surface area contributed by atoms with Crippen LogP contribution in [0.5, 0.6) is 0 Å². The zero-order valence-corrected chi connectivity index (χ0v) is 8.73. The van der Waals surface area contributed by atoms with Gasteiger partial charge in [0.1, 0.15) is 0 Å². The molecule has 0 saturated carbocycles. The largest absolute Gasteiger partial charge is 0.392 e. The first-order chi connectivity index (χ1) is 6.77. The summed E-state index contributed by atoms with van der Waals surface area (Å²) in [5, 5.41) is 12.3. The number of carbonyl (C=O) groups excluding carboxylic acids is 1. The van der Waals surface area contributed by atoms with Crippen LogP contribution < -0.4 is 0 Å². The van der Waals surface area contributed by atoms with Crippen molar-refractivity contribution in [3.8, 4) is 0 Å². The molecule has 2 rings (SSSR count). The average Bonchev–Trinajstić information content (AvgIpc) is 2.63. The average molecular weight is 227 g/mol. The Morgan fingerprint density at radius 2 is 2.29 bits per heavy atom. The van der Waals surface area contributed by atoms with Crippen molar-refractivity contribution in [1.82, 2.24) is 0 Å². The molecule has 0 atom stereocenters. The monoisotopic (exact) mass is 226 g/mol. The molecule has 0 bridgehead atoms. The molecular weight excluding hydrogens is 220 g/mol. The molecule has 2 nitrogen and oxygen atoms in total. The first-order valence-electron chi connectivity index (χ1n) is 4.02. The van der Waals surface area contributed by atoms with Crippen LogP contribution in [0.25, 0.3) is 10.1 Å². The minimum absolute atomic E-state index is 0.0683. The van der Waals surface area contributed by atoms with Gasteiger partial charge in [-0.1, -0.05) is 11.6 Å². The number of hydrogen-bond acceptors (Lipinski definition) is 3. The van der Waals surface area contributed by atoms with E-state index in [2.05, 4.69) is 0 Å². The smallest absolute Gasteiger partial charge is 0.150 e. The quantitative estimate of drug-likeness (QED) is 0.800. The van der Waals surface area contributed by atoms with Gasteiger partial charge in [-0.3, -0.25) is 4.79 Å². The zero-order chi connectivity index (χ0) is 10.1. The summed E-state index contributed by atoms with van der Waals surface area (Å²) in [4.78, 5) is 10.8. The standard InChI is InChI=1S/C10H7ClO2S/c11-8-2-1-6(3-12)9-7(4-13)5-14-10(8)9/h1-3,5,13H,4H2. The lowest BCUT2D eigenvalue weighted by molar-refractivity contribution is 0.112. The van der Waals surface area contributed by atoms with E-state index < -0.39 is 0 Å². The van der Waals surface area contributed by atoms with Crippen LogP contribution in [0.3, 0.4) is 0 Å². The van der Waals surface area contributed by atoms with Crippen LogP contribution in [-0.4, -0.2) is 11.4 Å². The van der Waals surface area contributed by atoms with Crippen molar-refractivity contribution in [2.45, 2.75) is 6.61 Å². The molecule has 1 heterocycles. The fourth-order valence-electron chi connectivity index (χ4n) is 1.42. The van der Waals surface area contributed by atoms with Crippen molar-refractivity contribution in [3.63, 3.8) is 0 Å². The third-order valence-corrected chi connectivity index (χ3v) is 3.57. The number of aliphatic hydroxyl groups is 1. The van der Waals surface area contributed by atoms with Gasteiger partial charge in [0, 0.05) is 10.9 Å². The number of halogens is 1. The topological polar surface area (TPSA) is 37.3 Å². The predicted molar refractivity (Wildman–Crippen MR) is 58.1 cm³/mol. The number of thiophene rings is 1. The molecule has 0 aliphatic carbocycles. The summed E-state index contributed by atoms with van der Waals surface area (Å²) in [6, 6.07) is 3.37. The number of aliphatic hydroxyl groups excluding tert-OH is 1. The molecule has 0 aliphatic rings. The molecule has 1 aromatic heterocycles. The van der Waals surface area contributed by atoms with Gasteiger partial charge >= 0.3 is 0 Å². The highest BCUT2D eigenvalue weighted by molar-refractivity contribution is 7.18. The van der Waals surface area contributed by atoms with E-state index in [4.69, 9.17) is 16.7 Å². The van der Waals surface area contributed by atoms with Gasteiger partial charge < -0.3 is 5.11 Å². The Kier molecular flexibility index (Phi) is 2.54. The minimum Gasteiger partial charge on any atom is -0.392 e. The molecule has 0 fully saturated rings. The van der Waals surface area contributed by atoms with Crippen molar-refractivity contribution < 1.29 is 9.90 Å². The van der Waals surface area contributed by atoms with E-state index in [1.54, 1.807) is 12.1 Å². The Morgan fingerprint density at radius 3 is 2.93 bits per heavy atom. The molecule has 0 unspecified atom stereocenters. The Hall–Kier alpha value is -0.900. The second-order valence-electron chi connectivity index (χ2n) is 2.88. The van der Waals surface area contributed by atoms with E-state index in [0.29, 0.717) is 10.6 Å². The Balaban J connectivity index is 2.88. The number of carbonyl (C=O) groups is 1. The predicted octanol–water partition coefficient (Wildman–Crippen LogP) is 2.86. The number of benzene rings is 1. The van der Waals surface area contributed by atoms with Crippen LogP contribution in [0, 0.1) is 0 Å². The lowest BCUT2D eigenvalue weighted by Gasteiger charge is -1.99. The SMILES string of the molecule is O=Cc1ccc(Cl)c2scc(CO)c12. The summed E-state index contributed by atoms with van der Waals surface area (Å²) in [5.74, 6) is 0. The second-order valence-corrected chi connectivity index (χ2v) is 4.16. The summed E-state index contributed by atoms with van der Waals surface area (Å²) >= 11 is 7.41. The van der Waals surface area contributed by atoms with E-state index in [1.807, 2.05) is 5.38 Å². The highest BCUT2D eigenvalue weighted by Gasteiger charge is 2.10. The molecule has 4 heteroatoms. The van der Waals surface area contributed by atoms with Gasteiger partial charge in [-0.25, -0.2) is 0 Å². The molecular formula is C10H7ClO2S. The fraction of sp³-hybridized carbons (Fsp3) is 0.100. The maximum atomic E-state index is 10.8. The molecule has 14 heavy (non-hydrogen) atoms. The van der Waals surface area contributed by atoms with Crippen LogP contribution in [0.2, 0.25) is 5.02 Å². The van der Waals surface area contributed by atoms with Crippen LogP contribution in [0.4, 0.5) is 0 Å². The third kappa shape index (κ3) is 1.34. The molecule has 0 amide bonds. The first kappa shape index (κ1) is 9.65. The van der Waals surface area contributed by atoms with Crippen molar-refractivity contribution in [3.05, 3.63) is 33.7 Å². The van der Waals surface area contributed by atoms with Gasteiger partial charge in [0.05, 0.1) is 16.3 Å². The molecule has 2 aromatic rings. The van der Waals surface area contributed by atoms with Gasteiger partial charge in [0.2, 0.25) is 0 Å². The van der Waals surface area contributed by atoms with E-state index in [0.717, 1.165) is 21.9 Å². The normalized spacial score (nSPS) is 10.7. The van der Waals surface area contributed by atoms with E-state index >= 15 is 0 Å². The summed E-state index contributed by atoms with van der Waals surface area (Å²) in [7, 11) is 0. The maximum Gasteiger partial charge on any atom is 0.150 e. The number of fused-ring (bicyclic) bond motifs is 1. The minimum atomic E-state index is -0.0683. The van der Waals surface area contributed by atoms with Crippen molar-refractivity contribution in [2.24, 2.45) is 0 Å². The van der Waals surface area contributed by atoms with E-state index in [9.17, 15) is 4.79 Å². The van der Waals surface area contributed by atoms with Gasteiger partial charge in [-0.15, -0.1) is 11.3 Å². The molecule has 0 spiro atoms. The summed E-state index contributed by atoms with van der Waals surface area (Å²) in [6.45, 7) is -0.0683. The fourth-order valence-corrected chi connectivity index (χ4v) is 2.71.